The van der Waals surface area contributed by atoms with Gasteiger partial charge >= 0.3 is 6.03 Å². The van der Waals surface area contributed by atoms with Crippen molar-refractivity contribution in [2.24, 2.45) is 5.92 Å². The van der Waals surface area contributed by atoms with Crippen molar-refractivity contribution in [1.82, 2.24) is 20.4 Å². The normalized spacial score (nSPS) is 19.0. The molecular weight excluding hydrogens is 320 g/mol. The zero-order chi connectivity index (χ0) is 17.6. The van der Waals surface area contributed by atoms with Gasteiger partial charge in [0.05, 0.1) is 6.26 Å². The topological polar surface area (TPSA) is 84.4 Å². The molecule has 2 unspecified atom stereocenters. The van der Waals surface area contributed by atoms with Crippen molar-refractivity contribution in [2.45, 2.75) is 52.0 Å². The van der Waals surface area contributed by atoms with E-state index in [1.165, 1.54) is 0 Å². The molecule has 1 fully saturated rings. The van der Waals surface area contributed by atoms with Gasteiger partial charge in [0.15, 0.2) is 5.82 Å². The zero-order valence-corrected chi connectivity index (χ0v) is 14.9. The summed E-state index contributed by atoms with van der Waals surface area (Å²) in [5, 5.41) is 7.06. The van der Waals surface area contributed by atoms with E-state index in [1.54, 1.807) is 13.2 Å². The molecule has 0 radical (unpaired) electrons. The molecule has 2 amide bonds. The number of hydrogen-bond acceptors (Lipinski definition) is 5. The summed E-state index contributed by atoms with van der Waals surface area (Å²) >= 11 is 0. The Labute approximate surface area is 147 Å². The van der Waals surface area contributed by atoms with Gasteiger partial charge in [-0.05, 0) is 44.2 Å². The standard InChI is InChI=1S/C18H26N4O3/c1-13(7-8-16-6-4-10-24-16)19-18(23)22-9-3-5-15(12-22)11-17-20-14(2)25-21-17/h4,6,10,13,15H,3,5,7-9,11-12H2,1-2H3,(H,19,23). The number of aromatic nitrogens is 2. The summed E-state index contributed by atoms with van der Waals surface area (Å²) in [6.45, 7) is 5.37. The molecule has 0 spiro atoms. The Balaban J connectivity index is 1.44. The fourth-order valence-electron chi connectivity index (χ4n) is 3.29. The monoisotopic (exact) mass is 346 g/mol. The minimum Gasteiger partial charge on any atom is -0.469 e. The number of nitrogens with zero attached hydrogens (tertiary/aromatic N) is 3. The lowest BCUT2D eigenvalue weighted by atomic mass is 9.95. The van der Waals surface area contributed by atoms with E-state index in [0.717, 1.165) is 56.8 Å². The van der Waals surface area contributed by atoms with Crippen molar-refractivity contribution in [3.8, 4) is 0 Å². The number of carbonyl (C=O) groups is 1. The van der Waals surface area contributed by atoms with Crippen LogP contribution in [0.2, 0.25) is 0 Å². The number of amides is 2. The van der Waals surface area contributed by atoms with Crippen molar-refractivity contribution < 1.29 is 13.7 Å². The number of likely N-dealkylation sites (tertiary alicyclic amines) is 1. The Morgan fingerprint density at radius 1 is 1.52 bits per heavy atom. The molecule has 2 aromatic rings. The van der Waals surface area contributed by atoms with Gasteiger partial charge in [-0.2, -0.15) is 4.98 Å². The lowest BCUT2D eigenvalue weighted by Gasteiger charge is -2.33. The third-order valence-electron chi connectivity index (χ3n) is 4.62. The number of nitrogens with one attached hydrogen (secondary N) is 1. The second-order valence-electron chi connectivity index (χ2n) is 6.86. The number of aryl methyl sites for hydroxylation is 2. The number of hydrogen-bond donors (Lipinski definition) is 1. The van der Waals surface area contributed by atoms with Gasteiger partial charge in [-0.25, -0.2) is 4.79 Å². The van der Waals surface area contributed by atoms with Crippen molar-refractivity contribution in [3.05, 3.63) is 35.9 Å². The number of rotatable bonds is 6. The summed E-state index contributed by atoms with van der Waals surface area (Å²) in [5.74, 6) is 2.66. The second kappa shape index (κ2) is 8.18. The SMILES string of the molecule is Cc1nc(CC2CCCN(C(=O)NC(C)CCc3ccco3)C2)no1. The molecule has 1 N–H and O–H groups in total. The second-order valence-corrected chi connectivity index (χ2v) is 6.86. The lowest BCUT2D eigenvalue weighted by molar-refractivity contribution is 0.161. The predicted molar refractivity (Wildman–Crippen MR) is 92.1 cm³/mol. The van der Waals surface area contributed by atoms with Crippen LogP contribution < -0.4 is 5.32 Å². The molecule has 1 aliphatic rings. The Kier molecular flexibility index (Phi) is 5.73. The number of furan rings is 1. The van der Waals surface area contributed by atoms with E-state index in [9.17, 15) is 4.79 Å². The molecule has 7 heteroatoms. The summed E-state index contributed by atoms with van der Waals surface area (Å²) in [6.07, 6.45) is 6.22. The maximum absolute atomic E-state index is 12.5. The first kappa shape index (κ1) is 17.5. The quantitative estimate of drug-likeness (QED) is 0.869. The maximum atomic E-state index is 12.5. The summed E-state index contributed by atoms with van der Waals surface area (Å²) in [4.78, 5) is 18.7. The first-order valence-corrected chi connectivity index (χ1v) is 8.97. The zero-order valence-electron chi connectivity index (χ0n) is 14.9. The smallest absolute Gasteiger partial charge is 0.317 e. The molecule has 2 aromatic heterocycles. The highest BCUT2D eigenvalue weighted by molar-refractivity contribution is 5.74. The fraction of sp³-hybridized carbons (Fsp3) is 0.611. The first-order chi connectivity index (χ1) is 12.1. The lowest BCUT2D eigenvalue weighted by Crippen LogP contribution is -2.48. The molecule has 136 valence electrons. The van der Waals surface area contributed by atoms with Gasteiger partial charge < -0.3 is 19.2 Å². The number of urea groups is 1. The van der Waals surface area contributed by atoms with Crippen LogP contribution >= 0.6 is 0 Å². The molecule has 1 saturated heterocycles. The summed E-state index contributed by atoms with van der Waals surface area (Å²) in [5.41, 5.74) is 0. The van der Waals surface area contributed by atoms with E-state index in [1.807, 2.05) is 24.0 Å². The Morgan fingerprint density at radius 3 is 3.12 bits per heavy atom. The third-order valence-corrected chi connectivity index (χ3v) is 4.62. The van der Waals surface area contributed by atoms with Crippen molar-refractivity contribution in [2.75, 3.05) is 13.1 Å². The van der Waals surface area contributed by atoms with Crippen molar-refractivity contribution in [3.63, 3.8) is 0 Å². The molecule has 3 rings (SSSR count). The molecule has 3 heterocycles. The highest BCUT2D eigenvalue weighted by Gasteiger charge is 2.25. The van der Waals surface area contributed by atoms with Crippen molar-refractivity contribution in [1.29, 1.82) is 0 Å². The molecule has 2 atom stereocenters. The minimum absolute atomic E-state index is 0.0148. The van der Waals surface area contributed by atoms with Crippen LogP contribution in [-0.2, 0) is 12.8 Å². The Bertz CT molecular complexity index is 668. The van der Waals surface area contributed by atoms with Crippen LogP contribution in [0.15, 0.2) is 27.3 Å². The Morgan fingerprint density at radius 2 is 2.40 bits per heavy atom. The van der Waals surface area contributed by atoms with Crippen molar-refractivity contribution >= 4 is 6.03 Å². The summed E-state index contributed by atoms with van der Waals surface area (Å²) in [6, 6.07) is 3.97. The van der Waals surface area contributed by atoms with Gasteiger partial charge in [0.25, 0.3) is 0 Å². The van der Waals surface area contributed by atoms with E-state index in [4.69, 9.17) is 8.94 Å². The van der Waals surface area contributed by atoms with E-state index in [0.29, 0.717) is 11.8 Å². The maximum Gasteiger partial charge on any atom is 0.317 e. The van der Waals surface area contributed by atoms with E-state index in [2.05, 4.69) is 15.5 Å². The molecule has 0 aliphatic carbocycles. The third kappa shape index (κ3) is 5.08. The average molecular weight is 346 g/mol. The molecular formula is C18H26N4O3. The highest BCUT2D eigenvalue weighted by atomic mass is 16.5. The van der Waals surface area contributed by atoms with E-state index < -0.39 is 0 Å². The molecule has 25 heavy (non-hydrogen) atoms. The van der Waals surface area contributed by atoms with Gasteiger partial charge in [0.2, 0.25) is 5.89 Å². The van der Waals surface area contributed by atoms with Crippen LogP contribution in [0.5, 0.6) is 0 Å². The molecule has 7 nitrogen and oxygen atoms in total. The first-order valence-electron chi connectivity index (χ1n) is 8.97. The van der Waals surface area contributed by atoms with Crippen LogP contribution in [0, 0.1) is 12.8 Å². The number of carbonyl (C=O) groups excluding carboxylic acids is 1. The summed E-state index contributed by atoms with van der Waals surface area (Å²) in [7, 11) is 0. The van der Waals surface area contributed by atoms with E-state index >= 15 is 0 Å². The number of piperidine rings is 1. The average Bonchev–Trinajstić information content (AvgIpc) is 3.25. The molecule has 1 aliphatic heterocycles. The van der Waals surface area contributed by atoms with Crippen LogP contribution in [0.1, 0.15) is 43.7 Å². The Hall–Kier alpha value is -2.31. The van der Waals surface area contributed by atoms with Crippen LogP contribution in [-0.4, -0.2) is 40.2 Å². The van der Waals surface area contributed by atoms with Gasteiger partial charge in [0.1, 0.15) is 5.76 Å². The van der Waals surface area contributed by atoms with Gasteiger partial charge in [-0.3, -0.25) is 0 Å². The van der Waals surface area contributed by atoms with Gasteiger partial charge in [0, 0.05) is 38.9 Å². The van der Waals surface area contributed by atoms with Crippen LogP contribution in [0.25, 0.3) is 0 Å². The highest BCUT2D eigenvalue weighted by Crippen LogP contribution is 2.20. The fourth-order valence-corrected chi connectivity index (χ4v) is 3.29. The predicted octanol–water partition coefficient (Wildman–Crippen LogP) is 2.96. The largest absolute Gasteiger partial charge is 0.469 e. The van der Waals surface area contributed by atoms with Crippen LogP contribution in [0.4, 0.5) is 4.79 Å². The molecule has 0 bridgehead atoms. The molecule has 0 aromatic carbocycles. The van der Waals surface area contributed by atoms with Crippen LogP contribution in [0.3, 0.4) is 0 Å². The minimum atomic E-state index is 0.0148. The van der Waals surface area contributed by atoms with Gasteiger partial charge in [-0.1, -0.05) is 5.16 Å². The van der Waals surface area contributed by atoms with Gasteiger partial charge in [-0.15, -0.1) is 0 Å². The van der Waals surface area contributed by atoms with E-state index in [-0.39, 0.29) is 12.1 Å². The molecule has 0 saturated carbocycles. The summed E-state index contributed by atoms with van der Waals surface area (Å²) < 4.78 is 10.4.